The minimum atomic E-state index is -4.59. The van der Waals surface area contributed by atoms with Gasteiger partial charge in [-0.1, -0.05) is 18.5 Å². The van der Waals surface area contributed by atoms with Crippen molar-refractivity contribution < 1.29 is 13.2 Å². The molecule has 2 heterocycles. The molecule has 1 atom stereocenters. The van der Waals surface area contributed by atoms with Crippen molar-refractivity contribution in [1.29, 1.82) is 0 Å². The molecule has 1 saturated heterocycles. The van der Waals surface area contributed by atoms with E-state index in [1.807, 2.05) is 18.9 Å². The third kappa shape index (κ3) is 3.97. The van der Waals surface area contributed by atoms with Crippen molar-refractivity contribution in [3.8, 4) is 0 Å². The number of likely N-dealkylation sites (N-methyl/N-ethyl adjacent to an activating group) is 1. The zero-order valence-corrected chi connectivity index (χ0v) is 12.7. The standard InChI is InChI=1S/C13H18ClF3N4/c1-3-9-8-20(2)5-4-6-21(9)11-7-10(14)18-12(19-11)13(15,16)17/h7,9H,3-6,8H2,1-2H3. The maximum absolute atomic E-state index is 12.8. The molecule has 0 N–H and O–H groups in total. The van der Waals surface area contributed by atoms with E-state index >= 15 is 0 Å². The molecule has 0 aromatic carbocycles. The van der Waals surface area contributed by atoms with Crippen LogP contribution in [0.5, 0.6) is 0 Å². The molecule has 0 bridgehead atoms. The summed E-state index contributed by atoms with van der Waals surface area (Å²) in [6.45, 7) is 4.38. The molecule has 1 aromatic rings. The van der Waals surface area contributed by atoms with Crippen LogP contribution in [0, 0.1) is 0 Å². The fraction of sp³-hybridized carbons (Fsp3) is 0.692. The lowest BCUT2D eigenvalue weighted by atomic mass is 10.2. The molecule has 4 nitrogen and oxygen atoms in total. The molecule has 1 unspecified atom stereocenters. The van der Waals surface area contributed by atoms with Crippen molar-refractivity contribution in [2.24, 2.45) is 0 Å². The van der Waals surface area contributed by atoms with Gasteiger partial charge in [0, 0.05) is 25.2 Å². The van der Waals surface area contributed by atoms with E-state index in [2.05, 4.69) is 14.9 Å². The molecule has 0 saturated carbocycles. The fourth-order valence-electron chi connectivity index (χ4n) is 2.57. The first-order valence-corrected chi connectivity index (χ1v) is 7.26. The maximum Gasteiger partial charge on any atom is 0.451 e. The number of aromatic nitrogens is 2. The van der Waals surface area contributed by atoms with Crippen LogP contribution < -0.4 is 4.90 Å². The van der Waals surface area contributed by atoms with Crippen LogP contribution in [-0.4, -0.2) is 47.6 Å². The van der Waals surface area contributed by atoms with Gasteiger partial charge in [-0.25, -0.2) is 9.97 Å². The molecule has 1 aromatic heterocycles. The monoisotopic (exact) mass is 322 g/mol. The number of nitrogens with zero attached hydrogens (tertiary/aromatic N) is 4. The van der Waals surface area contributed by atoms with E-state index in [1.165, 1.54) is 6.07 Å². The summed E-state index contributed by atoms with van der Waals surface area (Å²) in [7, 11) is 2.01. The number of halogens is 4. The predicted octanol–water partition coefficient (Wildman–Crippen LogP) is 3.07. The summed E-state index contributed by atoms with van der Waals surface area (Å²) in [6.07, 6.45) is -2.90. The second-order valence-electron chi connectivity index (χ2n) is 5.24. The van der Waals surface area contributed by atoms with Crippen molar-refractivity contribution in [3.63, 3.8) is 0 Å². The number of alkyl halides is 3. The minimum absolute atomic E-state index is 0.115. The summed E-state index contributed by atoms with van der Waals surface area (Å²) >= 11 is 5.75. The number of hydrogen-bond acceptors (Lipinski definition) is 4. The van der Waals surface area contributed by atoms with Gasteiger partial charge in [-0.15, -0.1) is 0 Å². The van der Waals surface area contributed by atoms with Crippen LogP contribution in [0.4, 0.5) is 19.0 Å². The minimum Gasteiger partial charge on any atom is -0.352 e. The highest BCUT2D eigenvalue weighted by atomic mass is 35.5. The van der Waals surface area contributed by atoms with Gasteiger partial charge in [0.2, 0.25) is 5.82 Å². The van der Waals surface area contributed by atoms with Gasteiger partial charge in [0.1, 0.15) is 11.0 Å². The second-order valence-corrected chi connectivity index (χ2v) is 5.63. The van der Waals surface area contributed by atoms with Gasteiger partial charge in [-0.3, -0.25) is 0 Å². The first-order valence-electron chi connectivity index (χ1n) is 6.88. The maximum atomic E-state index is 12.8. The Kier molecular flexibility index (Phi) is 4.93. The Morgan fingerprint density at radius 2 is 2.05 bits per heavy atom. The molecule has 118 valence electrons. The van der Waals surface area contributed by atoms with Crippen LogP contribution in [0.15, 0.2) is 6.07 Å². The Bertz CT molecular complexity index is 495. The summed E-state index contributed by atoms with van der Waals surface area (Å²) in [5.74, 6) is -0.929. The third-order valence-corrected chi connectivity index (χ3v) is 3.80. The van der Waals surface area contributed by atoms with E-state index in [0.29, 0.717) is 6.54 Å². The van der Waals surface area contributed by atoms with E-state index in [9.17, 15) is 13.2 Å². The average molecular weight is 323 g/mol. The molecule has 1 aliphatic rings. The quantitative estimate of drug-likeness (QED) is 0.783. The largest absolute Gasteiger partial charge is 0.451 e. The van der Waals surface area contributed by atoms with Crippen LogP contribution in [-0.2, 0) is 6.18 Å². The van der Waals surface area contributed by atoms with Gasteiger partial charge in [0.05, 0.1) is 0 Å². The molecule has 0 aliphatic carbocycles. The van der Waals surface area contributed by atoms with Crippen LogP contribution in [0.2, 0.25) is 5.15 Å². The van der Waals surface area contributed by atoms with Crippen molar-refractivity contribution >= 4 is 17.4 Å². The molecule has 1 fully saturated rings. The molecule has 21 heavy (non-hydrogen) atoms. The molecule has 0 amide bonds. The molecule has 0 spiro atoms. The number of anilines is 1. The molecular formula is C13H18ClF3N4. The second kappa shape index (κ2) is 6.36. The normalized spacial score (nSPS) is 21.4. The lowest BCUT2D eigenvalue weighted by Crippen LogP contribution is -2.40. The Morgan fingerprint density at radius 3 is 2.67 bits per heavy atom. The highest BCUT2D eigenvalue weighted by molar-refractivity contribution is 6.29. The van der Waals surface area contributed by atoms with E-state index in [1.54, 1.807) is 0 Å². The summed E-state index contributed by atoms with van der Waals surface area (Å²) in [4.78, 5) is 11.1. The van der Waals surface area contributed by atoms with E-state index in [0.717, 1.165) is 25.9 Å². The zero-order chi connectivity index (χ0) is 15.6. The van der Waals surface area contributed by atoms with Crippen LogP contribution >= 0.6 is 11.6 Å². The van der Waals surface area contributed by atoms with E-state index in [4.69, 9.17) is 11.6 Å². The smallest absolute Gasteiger partial charge is 0.352 e. The third-order valence-electron chi connectivity index (χ3n) is 3.60. The fourth-order valence-corrected chi connectivity index (χ4v) is 2.75. The number of hydrogen-bond donors (Lipinski definition) is 0. The summed E-state index contributed by atoms with van der Waals surface area (Å²) in [5.41, 5.74) is 0. The SMILES string of the molecule is CCC1CN(C)CCCN1c1cc(Cl)nc(C(F)(F)F)n1. The highest BCUT2D eigenvalue weighted by Crippen LogP contribution is 2.30. The lowest BCUT2D eigenvalue weighted by Gasteiger charge is -2.31. The molecule has 8 heteroatoms. The van der Waals surface area contributed by atoms with Crippen molar-refractivity contribution in [1.82, 2.24) is 14.9 Å². The van der Waals surface area contributed by atoms with Gasteiger partial charge >= 0.3 is 6.18 Å². The van der Waals surface area contributed by atoms with Crippen LogP contribution in [0.25, 0.3) is 0 Å². The first kappa shape index (κ1) is 16.3. The van der Waals surface area contributed by atoms with Gasteiger partial charge in [0.25, 0.3) is 0 Å². The van der Waals surface area contributed by atoms with Crippen LogP contribution in [0.1, 0.15) is 25.6 Å². The van der Waals surface area contributed by atoms with Crippen molar-refractivity contribution in [3.05, 3.63) is 17.0 Å². The summed E-state index contributed by atoms with van der Waals surface area (Å²) in [5, 5.41) is -0.181. The molecular weight excluding hydrogens is 305 g/mol. The Balaban J connectivity index is 2.37. The van der Waals surface area contributed by atoms with Gasteiger partial charge in [0.15, 0.2) is 0 Å². The van der Waals surface area contributed by atoms with Crippen molar-refractivity contribution in [2.45, 2.75) is 32.0 Å². The lowest BCUT2D eigenvalue weighted by molar-refractivity contribution is -0.144. The molecule has 0 radical (unpaired) electrons. The topological polar surface area (TPSA) is 32.3 Å². The first-order chi connectivity index (χ1) is 9.81. The molecule has 2 rings (SSSR count). The van der Waals surface area contributed by atoms with Gasteiger partial charge < -0.3 is 9.80 Å². The summed E-state index contributed by atoms with van der Waals surface area (Å²) < 4.78 is 38.5. The summed E-state index contributed by atoms with van der Waals surface area (Å²) in [6, 6.07) is 1.52. The van der Waals surface area contributed by atoms with Gasteiger partial charge in [-0.05, 0) is 26.4 Å². The van der Waals surface area contributed by atoms with E-state index < -0.39 is 12.0 Å². The Hall–Kier alpha value is -1.08. The number of rotatable bonds is 2. The van der Waals surface area contributed by atoms with Gasteiger partial charge in [-0.2, -0.15) is 13.2 Å². The zero-order valence-electron chi connectivity index (χ0n) is 12.0. The predicted molar refractivity (Wildman–Crippen MR) is 75.6 cm³/mol. The van der Waals surface area contributed by atoms with E-state index in [-0.39, 0.29) is 17.0 Å². The Morgan fingerprint density at radius 1 is 1.33 bits per heavy atom. The average Bonchev–Trinajstić information content (AvgIpc) is 2.58. The Labute approximate surface area is 126 Å². The highest BCUT2D eigenvalue weighted by Gasteiger charge is 2.36. The van der Waals surface area contributed by atoms with Crippen molar-refractivity contribution in [2.75, 3.05) is 31.6 Å². The molecule has 1 aliphatic heterocycles. The van der Waals surface area contributed by atoms with Crippen LogP contribution in [0.3, 0.4) is 0 Å².